The number of benzene rings is 1. The monoisotopic (exact) mass is 265 g/mol. The summed E-state index contributed by atoms with van der Waals surface area (Å²) < 4.78 is 5.25. The lowest BCUT2D eigenvalue weighted by Gasteiger charge is -2.25. The molecule has 0 heterocycles. The molecule has 1 rings (SSSR count). The summed E-state index contributed by atoms with van der Waals surface area (Å²) in [5.41, 5.74) is 0.523. The highest BCUT2D eigenvalue weighted by molar-refractivity contribution is 5.89. The minimum atomic E-state index is -0.940. The van der Waals surface area contributed by atoms with Crippen LogP contribution in [-0.4, -0.2) is 29.8 Å². The Hall–Kier alpha value is -2.04. The van der Waals surface area contributed by atoms with Crippen LogP contribution in [0.2, 0.25) is 0 Å². The molecule has 0 aromatic heterocycles. The fourth-order valence-electron chi connectivity index (χ4n) is 1.58. The Bertz CT molecular complexity index is 477. The van der Waals surface area contributed by atoms with Gasteiger partial charge >= 0.3 is 12.1 Å². The SMILES string of the molecule is CN(C(=O)OC(C)(C)C)c1ccccc1CC(=O)O. The first-order valence-electron chi connectivity index (χ1n) is 5.97. The van der Waals surface area contributed by atoms with E-state index in [1.165, 1.54) is 4.90 Å². The zero-order chi connectivity index (χ0) is 14.6. The number of carbonyl (C=O) groups is 2. The molecule has 0 saturated carbocycles. The van der Waals surface area contributed by atoms with E-state index in [1.54, 1.807) is 52.1 Å². The third-order valence-corrected chi connectivity index (χ3v) is 2.36. The Morgan fingerprint density at radius 3 is 2.37 bits per heavy atom. The lowest BCUT2D eigenvalue weighted by molar-refractivity contribution is -0.136. The number of amides is 1. The highest BCUT2D eigenvalue weighted by Gasteiger charge is 2.22. The maximum absolute atomic E-state index is 12.0. The third kappa shape index (κ3) is 4.62. The highest BCUT2D eigenvalue weighted by Crippen LogP contribution is 2.22. The first kappa shape index (κ1) is 15.0. The average molecular weight is 265 g/mol. The van der Waals surface area contributed by atoms with Crippen LogP contribution in [-0.2, 0) is 16.0 Å². The number of para-hydroxylation sites is 1. The Kier molecular flexibility index (Phi) is 4.53. The van der Waals surface area contributed by atoms with Gasteiger partial charge in [-0.3, -0.25) is 9.69 Å². The molecule has 1 amide bonds. The Morgan fingerprint density at radius 1 is 1.26 bits per heavy atom. The van der Waals surface area contributed by atoms with E-state index in [2.05, 4.69) is 0 Å². The number of hydrogen-bond donors (Lipinski definition) is 1. The summed E-state index contributed by atoms with van der Waals surface area (Å²) in [6, 6.07) is 6.87. The number of ether oxygens (including phenoxy) is 1. The van der Waals surface area contributed by atoms with Crippen LogP contribution in [0.4, 0.5) is 10.5 Å². The molecule has 0 saturated heterocycles. The molecule has 1 aromatic rings. The van der Waals surface area contributed by atoms with Gasteiger partial charge in [-0.25, -0.2) is 4.79 Å². The molecule has 0 radical (unpaired) electrons. The quantitative estimate of drug-likeness (QED) is 0.912. The average Bonchev–Trinajstić information content (AvgIpc) is 2.25. The van der Waals surface area contributed by atoms with Crippen LogP contribution in [0.3, 0.4) is 0 Å². The third-order valence-electron chi connectivity index (χ3n) is 2.36. The summed E-state index contributed by atoms with van der Waals surface area (Å²) in [5, 5.41) is 8.86. The maximum Gasteiger partial charge on any atom is 0.414 e. The van der Waals surface area contributed by atoms with E-state index >= 15 is 0 Å². The summed E-state index contributed by atoms with van der Waals surface area (Å²) in [6.07, 6.45) is -0.645. The number of aliphatic carboxylic acids is 1. The number of carboxylic acid groups (broad SMARTS) is 1. The molecule has 0 fully saturated rings. The van der Waals surface area contributed by atoms with Crippen LogP contribution in [0.1, 0.15) is 26.3 Å². The van der Waals surface area contributed by atoms with E-state index in [-0.39, 0.29) is 6.42 Å². The van der Waals surface area contributed by atoms with Gasteiger partial charge in [-0.15, -0.1) is 0 Å². The summed E-state index contributed by atoms with van der Waals surface area (Å²) in [5.74, 6) is -0.940. The van der Waals surface area contributed by atoms with Crippen LogP contribution in [0.15, 0.2) is 24.3 Å². The molecule has 1 N–H and O–H groups in total. The lowest BCUT2D eigenvalue weighted by Crippen LogP contribution is -2.34. The molecular weight excluding hydrogens is 246 g/mol. The smallest absolute Gasteiger partial charge is 0.414 e. The normalized spacial score (nSPS) is 10.9. The van der Waals surface area contributed by atoms with Gasteiger partial charge < -0.3 is 9.84 Å². The van der Waals surface area contributed by atoms with Crippen LogP contribution in [0.5, 0.6) is 0 Å². The number of carbonyl (C=O) groups excluding carboxylic acids is 1. The van der Waals surface area contributed by atoms with Crippen LogP contribution in [0, 0.1) is 0 Å². The molecule has 0 aliphatic heterocycles. The molecule has 0 spiro atoms. The van der Waals surface area contributed by atoms with E-state index in [1.807, 2.05) is 0 Å². The molecule has 0 aliphatic rings. The van der Waals surface area contributed by atoms with Crippen molar-refractivity contribution in [1.29, 1.82) is 0 Å². The van der Waals surface area contributed by atoms with Crippen molar-refractivity contribution in [3.8, 4) is 0 Å². The number of hydrogen-bond acceptors (Lipinski definition) is 3. The van der Waals surface area contributed by atoms with Crippen molar-refractivity contribution >= 4 is 17.7 Å². The number of anilines is 1. The molecule has 5 heteroatoms. The maximum atomic E-state index is 12.0. The van der Waals surface area contributed by atoms with E-state index in [0.717, 1.165) is 0 Å². The minimum Gasteiger partial charge on any atom is -0.481 e. The van der Waals surface area contributed by atoms with Crippen molar-refractivity contribution in [3.05, 3.63) is 29.8 Å². The Labute approximate surface area is 112 Å². The van der Waals surface area contributed by atoms with Crippen LogP contribution >= 0.6 is 0 Å². The number of nitrogens with zero attached hydrogens (tertiary/aromatic N) is 1. The number of carboxylic acids is 1. The molecule has 1 aromatic carbocycles. The minimum absolute atomic E-state index is 0.136. The predicted octanol–water partition coefficient (Wildman–Crippen LogP) is 2.69. The molecule has 0 aliphatic carbocycles. The molecule has 5 nitrogen and oxygen atoms in total. The van der Waals surface area contributed by atoms with Crippen molar-refractivity contribution in [2.45, 2.75) is 32.8 Å². The topological polar surface area (TPSA) is 66.8 Å². The standard InChI is InChI=1S/C14H19NO4/c1-14(2,3)19-13(18)15(4)11-8-6-5-7-10(11)9-12(16)17/h5-8H,9H2,1-4H3,(H,16,17). The fourth-order valence-corrected chi connectivity index (χ4v) is 1.58. The van der Waals surface area contributed by atoms with Crippen molar-refractivity contribution < 1.29 is 19.4 Å². The Morgan fingerprint density at radius 2 is 1.84 bits per heavy atom. The summed E-state index contributed by atoms with van der Waals surface area (Å²) in [6.45, 7) is 5.34. The summed E-state index contributed by atoms with van der Waals surface area (Å²) in [4.78, 5) is 24.1. The largest absolute Gasteiger partial charge is 0.481 e. The predicted molar refractivity (Wildman–Crippen MR) is 72.4 cm³/mol. The zero-order valence-electron chi connectivity index (χ0n) is 11.6. The van der Waals surface area contributed by atoms with Gasteiger partial charge in [-0.1, -0.05) is 18.2 Å². The Balaban J connectivity index is 2.96. The van der Waals surface area contributed by atoms with Gasteiger partial charge in [-0.05, 0) is 32.4 Å². The number of rotatable bonds is 3. The first-order chi connectivity index (χ1) is 8.70. The van der Waals surface area contributed by atoms with Gasteiger partial charge in [0.25, 0.3) is 0 Å². The molecule has 19 heavy (non-hydrogen) atoms. The van der Waals surface area contributed by atoms with Gasteiger partial charge in [0.2, 0.25) is 0 Å². The molecule has 104 valence electrons. The molecule has 0 bridgehead atoms. The van der Waals surface area contributed by atoms with Gasteiger partial charge in [0.05, 0.1) is 12.1 Å². The second-order valence-corrected chi connectivity index (χ2v) is 5.24. The second-order valence-electron chi connectivity index (χ2n) is 5.24. The van der Waals surface area contributed by atoms with E-state index in [0.29, 0.717) is 11.3 Å². The molecule has 0 unspecified atom stereocenters. The fraction of sp³-hybridized carbons (Fsp3) is 0.429. The van der Waals surface area contributed by atoms with Crippen LogP contribution in [0.25, 0.3) is 0 Å². The zero-order valence-corrected chi connectivity index (χ0v) is 11.6. The van der Waals surface area contributed by atoms with Crippen molar-refractivity contribution in [1.82, 2.24) is 0 Å². The highest BCUT2D eigenvalue weighted by atomic mass is 16.6. The molecule has 0 atom stereocenters. The van der Waals surface area contributed by atoms with Gasteiger partial charge in [-0.2, -0.15) is 0 Å². The van der Waals surface area contributed by atoms with Crippen molar-refractivity contribution in [2.75, 3.05) is 11.9 Å². The lowest BCUT2D eigenvalue weighted by atomic mass is 10.1. The van der Waals surface area contributed by atoms with Gasteiger partial charge in [0.1, 0.15) is 5.60 Å². The van der Waals surface area contributed by atoms with E-state index in [9.17, 15) is 9.59 Å². The summed E-state index contributed by atoms with van der Waals surface area (Å²) in [7, 11) is 1.56. The summed E-state index contributed by atoms with van der Waals surface area (Å²) >= 11 is 0. The van der Waals surface area contributed by atoms with Crippen LogP contribution < -0.4 is 4.90 Å². The second kappa shape index (κ2) is 5.73. The first-order valence-corrected chi connectivity index (χ1v) is 5.97. The molecular formula is C14H19NO4. The van der Waals surface area contributed by atoms with Crippen molar-refractivity contribution in [3.63, 3.8) is 0 Å². The van der Waals surface area contributed by atoms with Gasteiger partial charge in [0.15, 0.2) is 0 Å². The van der Waals surface area contributed by atoms with Gasteiger partial charge in [0, 0.05) is 7.05 Å². The van der Waals surface area contributed by atoms with Crippen molar-refractivity contribution in [2.24, 2.45) is 0 Å². The van der Waals surface area contributed by atoms with E-state index in [4.69, 9.17) is 9.84 Å². The van der Waals surface area contributed by atoms with E-state index < -0.39 is 17.7 Å².